The second kappa shape index (κ2) is 37.1. The molecule has 0 aliphatic rings. The summed E-state index contributed by atoms with van der Waals surface area (Å²) < 4.78 is 26.9. The number of benzene rings is 1. The van der Waals surface area contributed by atoms with Gasteiger partial charge in [-0.1, -0.05) is 51.4 Å². The second-order valence-corrected chi connectivity index (χ2v) is 14.1. The van der Waals surface area contributed by atoms with E-state index in [0.717, 1.165) is 70.6 Å². The average Bonchev–Trinajstić information content (AvgIpc) is 3.24. The molecule has 1 rings (SSSR count). The lowest BCUT2D eigenvalue weighted by atomic mass is 10.1. The quantitative estimate of drug-likeness (QED) is 0.0368. The Kier molecular flexibility index (Phi) is 33.0. The molecule has 0 aliphatic heterocycles. The number of rotatable bonds is 41. The maximum Gasteiger partial charge on any atom is 0.335 e. The van der Waals surface area contributed by atoms with Crippen LogP contribution in [0.1, 0.15) is 113 Å². The highest BCUT2D eigenvalue weighted by Gasteiger charge is 2.21. The van der Waals surface area contributed by atoms with Gasteiger partial charge in [0.25, 0.3) is 5.91 Å². The van der Waals surface area contributed by atoms with Gasteiger partial charge in [-0.15, -0.1) is 0 Å². The Bertz CT molecular complexity index is 1380. The molecule has 19 heteroatoms. The van der Waals surface area contributed by atoms with Crippen LogP contribution in [-0.2, 0) is 47.7 Å². The number of aromatic carboxylic acids is 1. The monoisotopic (exact) mass is 866 g/mol. The van der Waals surface area contributed by atoms with Crippen LogP contribution in [0.25, 0.3) is 0 Å². The number of hydrogen-bond acceptors (Lipinski definition) is 13. The number of carboxylic acid groups (broad SMARTS) is 2. The number of ether oxygens (including phenoxy) is 5. The molecule has 61 heavy (non-hydrogen) atoms. The number of nitrogens with one attached hydrogen (secondary N) is 4. The molecule has 0 heterocycles. The van der Waals surface area contributed by atoms with Crippen LogP contribution < -0.4 is 31.7 Å². The zero-order valence-corrected chi connectivity index (χ0v) is 35.4. The molecular formula is C42H68N5O14. The zero-order valence-electron chi connectivity index (χ0n) is 35.4. The first-order valence-corrected chi connectivity index (χ1v) is 21.3. The third-order valence-corrected chi connectivity index (χ3v) is 8.99. The molecule has 1 radical (unpaired) electrons. The van der Waals surface area contributed by atoms with Crippen molar-refractivity contribution >= 4 is 41.9 Å². The predicted octanol–water partition coefficient (Wildman–Crippen LogP) is 2.38. The van der Waals surface area contributed by atoms with E-state index in [1.165, 1.54) is 12.1 Å². The second-order valence-electron chi connectivity index (χ2n) is 14.1. The summed E-state index contributed by atoms with van der Waals surface area (Å²) in [5.41, 5.74) is 5.90. The minimum absolute atomic E-state index is 0.0445. The zero-order chi connectivity index (χ0) is 44.8. The topological polar surface area (TPSA) is 280 Å². The fourth-order valence-electron chi connectivity index (χ4n) is 5.58. The molecule has 8 N–H and O–H groups in total. The lowest BCUT2D eigenvalue weighted by molar-refractivity contribution is -0.142. The summed E-state index contributed by atoms with van der Waals surface area (Å²) in [6.45, 7) is 2.30. The van der Waals surface area contributed by atoms with E-state index in [9.17, 15) is 38.7 Å². The van der Waals surface area contributed by atoms with E-state index in [1.54, 1.807) is 12.1 Å². The van der Waals surface area contributed by atoms with Crippen LogP contribution in [0, 0.1) is 0 Å². The van der Waals surface area contributed by atoms with Gasteiger partial charge in [0.2, 0.25) is 17.7 Å². The Morgan fingerprint density at radius 2 is 1.20 bits per heavy atom. The molecule has 345 valence electrons. The maximum absolute atomic E-state index is 12.3. The van der Waals surface area contributed by atoms with Crippen LogP contribution in [0.2, 0.25) is 0 Å². The van der Waals surface area contributed by atoms with Crippen LogP contribution in [0.5, 0.6) is 5.75 Å². The van der Waals surface area contributed by atoms with Crippen molar-refractivity contribution in [1.29, 1.82) is 0 Å². The van der Waals surface area contributed by atoms with E-state index in [-0.39, 0.29) is 102 Å². The highest BCUT2D eigenvalue weighted by Crippen LogP contribution is 2.14. The molecule has 19 nitrogen and oxygen atoms in total. The lowest BCUT2D eigenvalue weighted by Crippen LogP contribution is -2.43. The summed E-state index contributed by atoms with van der Waals surface area (Å²) in [5, 5.41) is 28.9. The number of hydrogen-bond donors (Lipinski definition) is 7. The summed E-state index contributed by atoms with van der Waals surface area (Å²) in [6, 6.07) is 5.20. The van der Waals surface area contributed by atoms with Crippen molar-refractivity contribution in [2.24, 2.45) is 5.73 Å². The molecule has 0 saturated carbocycles. The van der Waals surface area contributed by atoms with Gasteiger partial charge in [0, 0.05) is 38.9 Å². The number of unbranched alkanes of at least 4 members (excludes halogenated alkanes) is 11. The van der Waals surface area contributed by atoms with Crippen molar-refractivity contribution in [3.05, 3.63) is 29.8 Å². The normalized spacial score (nSPS) is 11.9. The van der Waals surface area contributed by atoms with Gasteiger partial charge in [-0.3, -0.25) is 29.7 Å². The highest BCUT2D eigenvalue weighted by molar-refractivity contribution is 5.87. The van der Waals surface area contributed by atoms with Crippen molar-refractivity contribution < 1.29 is 67.5 Å². The standard InChI is InChI=1S/C42H68N5O14/c43-39(40(52)46-21-11-7-8-12-24-48)61-31-30-58-27-23-45-38(51)32-59-29-28-57-26-22-44-36(49)20-19-35(42(55)56)47-37(50)14-10-6-4-2-1-3-5-9-13-25-60-34-17-15-33(16-18-34)41(53)54/h15-18,35,39H,1-14,19-23,25-32,43H2,(H,44,49)(H,45,51)(H,46,52)(H,47,50)(H,53,54)(H,55,56)/t35-,39-/m0/s1. The summed E-state index contributed by atoms with van der Waals surface area (Å²) in [7, 11) is 0. The first-order chi connectivity index (χ1) is 29.5. The third-order valence-electron chi connectivity index (χ3n) is 8.99. The van der Waals surface area contributed by atoms with Crippen LogP contribution in [0.3, 0.4) is 0 Å². The van der Waals surface area contributed by atoms with Crippen molar-refractivity contribution in [3.63, 3.8) is 0 Å². The summed E-state index contributed by atoms with van der Waals surface area (Å²) in [6.07, 6.45) is 12.3. The minimum atomic E-state index is -1.20. The Morgan fingerprint density at radius 1 is 0.607 bits per heavy atom. The predicted molar refractivity (Wildman–Crippen MR) is 223 cm³/mol. The smallest absolute Gasteiger partial charge is 0.335 e. The molecule has 0 saturated heterocycles. The first kappa shape index (κ1) is 54.3. The molecule has 0 aliphatic carbocycles. The van der Waals surface area contributed by atoms with Crippen LogP contribution in [0.15, 0.2) is 24.3 Å². The van der Waals surface area contributed by atoms with Crippen molar-refractivity contribution in [3.8, 4) is 5.75 Å². The number of nitrogens with two attached hydrogens (primary N) is 1. The number of amides is 4. The largest absolute Gasteiger partial charge is 0.494 e. The van der Waals surface area contributed by atoms with E-state index < -0.39 is 30.1 Å². The van der Waals surface area contributed by atoms with Gasteiger partial charge in [0.15, 0.2) is 12.5 Å². The number of carboxylic acids is 2. The SMILES string of the molecule is N[C@@H](OCCOCCNC(=O)COCCOCCNC(=O)CC[C@H](NC(=O)CCCCCCCCCCCOc1ccc(C(=O)O)cc1)C(=O)O)C(=O)NCCCCC[C]=O. The van der Waals surface area contributed by atoms with Crippen LogP contribution in [-0.4, -0.2) is 137 Å². The Morgan fingerprint density at radius 3 is 1.84 bits per heavy atom. The molecule has 1 aromatic carbocycles. The van der Waals surface area contributed by atoms with Crippen molar-refractivity contribution in [1.82, 2.24) is 21.3 Å². The highest BCUT2D eigenvalue weighted by atomic mass is 16.5. The third kappa shape index (κ3) is 31.8. The summed E-state index contributed by atoms with van der Waals surface area (Å²) in [5.74, 6) is -3.00. The molecule has 1 aromatic rings. The molecule has 0 bridgehead atoms. The van der Waals surface area contributed by atoms with Crippen molar-refractivity contribution in [2.45, 2.75) is 115 Å². The Balaban J connectivity index is 1.94. The van der Waals surface area contributed by atoms with Gasteiger partial charge in [0.05, 0.1) is 51.8 Å². The summed E-state index contributed by atoms with van der Waals surface area (Å²) >= 11 is 0. The fraction of sp³-hybridized carbons (Fsp3) is 0.690. The molecule has 0 aromatic heterocycles. The van der Waals surface area contributed by atoms with Gasteiger partial charge >= 0.3 is 11.9 Å². The van der Waals surface area contributed by atoms with E-state index in [0.29, 0.717) is 31.7 Å². The number of aliphatic carboxylic acids is 1. The number of carbonyl (C=O) groups is 6. The average molecular weight is 867 g/mol. The van der Waals surface area contributed by atoms with E-state index in [1.807, 2.05) is 6.29 Å². The van der Waals surface area contributed by atoms with E-state index in [4.69, 9.17) is 34.5 Å². The van der Waals surface area contributed by atoms with Gasteiger partial charge in [0.1, 0.15) is 18.4 Å². The molecule has 4 amide bonds. The van der Waals surface area contributed by atoms with E-state index in [2.05, 4.69) is 21.3 Å². The minimum Gasteiger partial charge on any atom is -0.494 e. The van der Waals surface area contributed by atoms with E-state index >= 15 is 0 Å². The van der Waals surface area contributed by atoms with Gasteiger partial charge in [-0.2, -0.15) is 0 Å². The molecular weight excluding hydrogens is 798 g/mol. The number of carbonyl (C=O) groups excluding carboxylic acids is 5. The fourth-order valence-corrected chi connectivity index (χ4v) is 5.58. The molecule has 2 atom stereocenters. The van der Waals surface area contributed by atoms with Crippen LogP contribution >= 0.6 is 0 Å². The molecule has 0 spiro atoms. The van der Waals surface area contributed by atoms with Crippen molar-refractivity contribution in [2.75, 3.05) is 72.5 Å². The van der Waals surface area contributed by atoms with Gasteiger partial charge < -0.3 is 55.2 Å². The lowest BCUT2D eigenvalue weighted by Gasteiger charge is -2.14. The van der Waals surface area contributed by atoms with Crippen LogP contribution in [0.4, 0.5) is 0 Å². The first-order valence-electron chi connectivity index (χ1n) is 21.3. The summed E-state index contributed by atoms with van der Waals surface area (Å²) in [4.78, 5) is 81.0. The molecule has 0 unspecified atom stereocenters. The van der Waals surface area contributed by atoms with Gasteiger partial charge in [-0.25, -0.2) is 9.59 Å². The maximum atomic E-state index is 12.3. The van der Waals surface area contributed by atoms with Gasteiger partial charge in [-0.05, 0) is 56.4 Å². The Labute approximate surface area is 358 Å². The molecule has 0 fully saturated rings. The Hall–Kier alpha value is -4.69.